The number of rotatable bonds is 0. The largest absolute Gasteiger partial charge is 0.411 e. The van der Waals surface area contributed by atoms with E-state index in [9.17, 15) is 4.79 Å². The lowest BCUT2D eigenvalue weighted by molar-refractivity contribution is 0.501. The quantitative estimate of drug-likeness (QED) is 0.638. The molecule has 3 rings (SSSR count). The molecule has 2 aromatic heterocycles. The van der Waals surface area contributed by atoms with Gasteiger partial charge in [0, 0.05) is 4.88 Å². The van der Waals surface area contributed by atoms with Gasteiger partial charge < -0.3 is 4.42 Å². The molecule has 0 N–H and O–H groups in total. The van der Waals surface area contributed by atoms with Crippen molar-refractivity contribution in [3.8, 4) is 0 Å². The minimum Gasteiger partial charge on any atom is -0.411 e. The SMILES string of the molecule is O=c1ocnc2sc3c(c12)CC=C3. The first-order valence-electron chi connectivity index (χ1n) is 3.92. The molecule has 1 aliphatic carbocycles. The van der Waals surface area contributed by atoms with E-state index in [4.69, 9.17) is 4.42 Å². The summed E-state index contributed by atoms with van der Waals surface area (Å²) in [5, 5.41) is 0.660. The molecule has 0 radical (unpaired) electrons. The van der Waals surface area contributed by atoms with E-state index in [-0.39, 0.29) is 5.63 Å². The Morgan fingerprint density at radius 2 is 2.46 bits per heavy atom. The van der Waals surface area contributed by atoms with E-state index >= 15 is 0 Å². The summed E-state index contributed by atoms with van der Waals surface area (Å²) in [5.41, 5.74) is 0.799. The molecule has 2 aromatic rings. The summed E-state index contributed by atoms with van der Waals surface area (Å²) in [4.78, 5) is 17.3. The van der Waals surface area contributed by atoms with Crippen molar-refractivity contribution in [1.82, 2.24) is 4.98 Å². The third-order valence-electron chi connectivity index (χ3n) is 2.14. The Hall–Kier alpha value is -1.42. The van der Waals surface area contributed by atoms with Crippen LogP contribution in [0.2, 0.25) is 0 Å². The van der Waals surface area contributed by atoms with Crippen molar-refractivity contribution >= 4 is 27.6 Å². The molecule has 0 unspecified atom stereocenters. The smallest absolute Gasteiger partial charge is 0.347 e. The predicted octanol–water partition coefficient (Wildman–Crippen LogP) is 1.82. The molecule has 0 atom stereocenters. The minimum atomic E-state index is -0.272. The second kappa shape index (κ2) is 2.29. The molecule has 0 amide bonds. The van der Waals surface area contributed by atoms with Crippen LogP contribution >= 0.6 is 11.3 Å². The first-order chi connectivity index (χ1) is 6.36. The van der Waals surface area contributed by atoms with Crippen molar-refractivity contribution in [2.45, 2.75) is 6.42 Å². The molecular weight excluding hydrogens is 186 g/mol. The molecule has 0 saturated carbocycles. The van der Waals surface area contributed by atoms with E-state index in [0.29, 0.717) is 5.39 Å². The number of fused-ring (bicyclic) bond motifs is 3. The predicted molar refractivity (Wildman–Crippen MR) is 50.9 cm³/mol. The summed E-state index contributed by atoms with van der Waals surface area (Å²) < 4.78 is 4.74. The van der Waals surface area contributed by atoms with Gasteiger partial charge in [-0.1, -0.05) is 6.08 Å². The Balaban J connectivity index is 2.58. The second-order valence-corrected chi connectivity index (χ2v) is 3.90. The maximum absolute atomic E-state index is 11.4. The van der Waals surface area contributed by atoms with Crippen LogP contribution < -0.4 is 5.63 Å². The van der Waals surface area contributed by atoms with E-state index in [1.165, 1.54) is 6.39 Å². The maximum atomic E-state index is 11.4. The molecule has 4 heteroatoms. The van der Waals surface area contributed by atoms with Crippen LogP contribution in [0.3, 0.4) is 0 Å². The van der Waals surface area contributed by atoms with Gasteiger partial charge in [-0.15, -0.1) is 11.3 Å². The van der Waals surface area contributed by atoms with Crippen LogP contribution in [0.25, 0.3) is 16.3 Å². The molecule has 64 valence electrons. The van der Waals surface area contributed by atoms with Gasteiger partial charge >= 0.3 is 5.63 Å². The standard InChI is InChI=1S/C9H5NO2S/c11-9-7-5-2-1-3-6(5)13-8(7)10-4-12-9/h1,3-4H,2H2. The van der Waals surface area contributed by atoms with E-state index in [0.717, 1.165) is 21.7 Å². The van der Waals surface area contributed by atoms with Crippen LogP contribution in [0.5, 0.6) is 0 Å². The summed E-state index contributed by atoms with van der Waals surface area (Å²) in [7, 11) is 0. The van der Waals surface area contributed by atoms with Crippen LogP contribution in [0, 0.1) is 0 Å². The summed E-state index contributed by atoms with van der Waals surface area (Å²) in [5.74, 6) is 0. The zero-order chi connectivity index (χ0) is 8.84. The Morgan fingerprint density at radius 3 is 3.38 bits per heavy atom. The highest BCUT2D eigenvalue weighted by Gasteiger charge is 2.16. The third-order valence-corrected chi connectivity index (χ3v) is 3.25. The van der Waals surface area contributed by atoms with Gasteiger partial charge in [0.1, 0.15) is 10.2 Å². The molecule has 0 aliphatic heterocycles. The molecule has 3 nitrogen and oxygen atoms in total. The van der Waals surface area contributed by atoms with Crippen molar-refractivity contribution in [3.05, 3.63) is 33.3 Å². The lowest BCUT2D eigenvalue weighted by atomic mass is 10.2. The van der Waals surface area contributed by atoms with Gasteiger partial charge in [-0.25, -0.2) is 9.78 Å². The van der Waals surface area contributed by atoms with Gasteiger partial charge in [0.15, 0.2) is 6.39 Å². The lowest BCUT2D eigenvalue weighted by Crippen LogP contribution is -1.99. The average Bonchev–Trinajstić information content (AvgIpc) is 2.62. The Bertz CT molecular complexity index is 564. The van der Waals surface area contributed by atoms with Crippen molar-refractivity contribution < 1.29 is 4.42 Å². The topological polar surface area (TPSA) is 43.1 Å². The van der Waals surface area contributed by atoms with Crippen LogP contribution in [0.15, 0.2) is 21.7 Å². The average molecular weight is 191 g/mol. The molecule has 0 aromatic carbocycles. The number of nitrogens with zero attached hydrogens (tertiary/aromatic N) is 1. The molecule has 0 spiro atoms. The molecule has 0 bridgehead atoms. The first-order valence-corrected chi connectivity index (χ1v) is 4.73. The fourth-order valence-corrected chi connectivity index (χ4v) is 2.66. The number of aromatic nitrogens is 1. The normalized spacial score (nSPS) is 13.8. The third kappa shape index (κ3) is 0.833. The lowest BCUT2D eigenvalue weighted by Gasteiger charge is -1.88. The molecule has 0 saturated heterocycles. The van der Waals surface area contributed by atoms with Crippen molar-refractivity contribution in [3.63, 3.8) is 0 Å². The van der Waals surface area contributed by atoms with E-state index < -0.39 is 0 Å². The van der Waals surface area contributed by atoms with Crippen LogP contribution in [-0.2, 0) is 6.42 Å². The van der Waals surface area contributed by atoms with Gasteiger partial charge in [0.05, 0.1) is 0 Å². The minimum absolute atomic E-state index is 0.272. The maximum Gasteiger partial charge on any atom is 0.347 e. The van der Waals surface area contributed by atoms with Gasteiger partial charge in [-0.05, 0) is 18.1 Å². The molecular formula is C9H5NO2S. The number of hydrogen-bond acceptors (Lipinski definition) is 4. The van der Waals surface area contributed by atoms with Crippen LogP contribution in [-0.4, -0.2) is 4.98 Å². The fourth-order valence-electron chi connectivity index (χ4n) is 1.57. The van der Waals surface area contributed by atoms with E-state index in [2.05, 4.69) is 4.98 Å². The molecule has 2 heterocycles. The summed E-state index contributed by atoms with van der Waals surface area (Å²) in [6, 6.07) is 0. The van der Waals surface area contributed by atoms with Crippen molar-refractivity contribution in [2.75, 3.05) is 0 Å². The van der Waals surface area contributed by atoms with E-state index in [1.807, 2.05) is 12.2 Å². The zero-order valence-corrected chi connectivity index (χ0v) is 7.43. The second-order valence-electron chi connectivity index (χ2n) is 2.87. The summed E-state index contributed by atoms with van der Waals surface area (Å²) >= 11 is 1.54. The fraction of sp³-hybridized carbons (Fsp3) is 0.111. The monoisotopic (exact) mass is 191 g/mol. The van der Waals surface area contributed by atoms with Crippen molar-refractivity contribution in [1.29, 1.82) is 0 Å². The van der Waals surface area contributed by atoms with Gasteiger partial charge in [-0.2, -0.15) is 0 Å². The molecule has 1 aliphatic rings. The highest BCUT2D eigenvalue weighted by Crippen LogP contribution is 2.32. The van der Waals surface area contributed by atoms with Gasteiger partial charge in [0.25, 0.3) is 0 Å². The number of thiophene rings is 1. The summed E-state index contributed by atoms with van der Waals surface area (Å²) in [6.45, 7) is 0. The highest BCUT2D eigenvalue weighted by molar-refractivity contribution is 7.19. The van der Waals surface area contributed by atoms with Crippen LogP contribution in [0.1, 0.15) is 10.4 Å². The Labute approximate surface area is 77.3 Å². The van der Waals surface area contributed by atoms with Crippen molar-refractivity contribution in [2.24, 2.45) is 0 Å². The van der Waals surface area contributed by atoms with Crippen LogP contribution in [0.4, 0.5) is 0 Å². The molecule has 0 fully saturated rings. The van der Waals surface area contributed by atoms with Gasteiger partial charge in [-0.3, -0.25) is 0 Å². The first kappa shape index (κ1) is 7.03. The number of allylic oxidation sites excluding steroid dienone is 1. The zero-order valence-electron chi connectivity index (χ0n) is 6.61. The van der Waals surface area contributed by atoms with E-state index in [1.54, 1.807) is 11.3 Å². The van der Waals surface area contributed by atoms with Gasteiger partial charge in [0.2, 0.25) is 0 Å². The molecule has 13 heavy (non-hydrogen) atoms. The summed E-state index contributed by atoms with van der Waals surface area (Å²) in [6.07, 6.45) is 6.11. The Kier molecular flexibility index (Phi) is 1.24. The Morgan fingerprint density at radius 1 is 1.54 bits per heavy atom. The number of hydrogen-bond donors (Lipinski definition) is 0. The highest BCUT2D eigenvalue weighted by atomic mass is 32.1.